The van der Waals surface area contributed by atoms with Crippen LogP contribution in [0.2, 0.25) is 5.02 Å². The number of hydrogen-bond donors (Lipinski definition) is 1. The molecule has 0 amide bonds. The first-order valence-corrected chi connectivity index (χ1v) is 8.05. The van der Waals surface area contributed by atoms with Crippen LogP contribution in [-0.2, 0) is 0 Å². The lowest BCUT2D eigenvalue weighted by Crippen LogP contribution is -1.83. The second-order valence-electron chi connectivity index (χ2n) is 5.02. The van der Waals surface area contributed by atoms with Gasteiger partial charge in [0, 0.05) is 20.2 Å². The maximum Gasteiger partial charge on any atom is 0.163 e. The quantitative estimate of drug-likeness (QED) is 0.567. The van der Waals surface area contributed by atoms with E-state index in [1.165, 1.54) is 4.70 Å². The van der Waals surface area contributed by atoms with E-state index in [-0.39, 0.29) is 0 Å². The van der Waals surface area contributed by atoms with E-state index in [1.807, 2.05) is 42.5 Å². The molecular weight excluding hydrogens is 328 g/mol. The molecule has 0 fully saturated rings. The zero-order valence-corrected chi connectivity index (χ0v) is 13.3. The summed E-state index contributed by atoms with van der Waals surface area (Å²) < 4.78 is 1.19. The number of aromatic nitrogens is 3. The van der Waals surface area contributed by atoms with E-state index in [4.69, 9.17) is 16.9 Å². The first kappa shape index (κ1) is 13.9. The molecule has 0 bridgehead atoms. The van der Waals surface area contributed by atoms with Crippen LogP contribution in [0.15, 0.2) is 48.5 Å². The summed E-state index contributed by atoms with van der Waals surface area (Å²) in [6.45, 7) is 0. The van der Waals surface area contributed by atoms with Gasteiger partial charge in [0.05, 0.1) is 0 Å². The van der Waals surface area contributed by atoms with Gasteiger partial charge in [-0.2, -0.15) is 5.26 Å². The molecule has 0 atom stereocenters. The molecule has 2 aromatic carbocycles. The predicted octanol–water partition coefficient (Wildman–Crippen LogP) is 4.88. The number of hydrogen-bond acceptors (Lipinski definition) is 4. The van der Waals surface area contributed by atoms with Crippen molar-refractivity contribution >= 4 is 33.0 Å². The van der Waals surface area contributed by atoms with Crippen molar-refractivity contribution in [3.8, 4) is 27.8 Å². The molecule has 2 heterocycles. The van der Waals surface area contributed by atoms with Gasteiger partial charge in [0.15, 0.2) is 5.69 Å². The second-order valence-corrected chi connectivity index (χ2v) is 6.54. The Bertz CT molecular complexity index is 1060. The molecule has 0 aliphatic carbocycles. The van der Waals surface area contributed by atoms with Crippen molar-refractivity contribution in [2.45, 2.75) is 0 Å². The van der Waals surface area contributed by atoms with Gasteiger partial charge < -0.3 is 0 Å². The lowest BCUT2D eigenvalue weighted by molar-refractivity contribution is 0.937. The Morgan fingerprint density at radius 1 is 1.09 bits per heavy atom. The highest BCUT2D eigenvalue weighted by molar-refractivity contribution is 7.22. The lowest BCUT2D eigenvalue weighted by Gasteiger charge is -2.01. The number of H-pyrrole nitrogens is 1. The summed E-state index contributed by atoms with van der Waals surface area (Å²) in [5, 5.41) is 21.3. The topological polar surface area (TPSA) is 65.4 Å². The van der Waals surface area contributed by atoms with Crippen molar-refractivity contribution in [2.24, 2.45) is 0 Å². The third-order valence-corrected chi connectivity index (χ3v) is 4.96. The third-order valence-electron chi connectivity index (χ3n) is 3.56. The molecule has 4 rings (SSSR count). The van der Waals surface area contributed by atoms with Crippen LogP contribution in [0, 0.1) is 11.3 Å². The normalized spacial score (nSPS) is 10.8. The van der Waals surface area contributed by atoms with Crippen molar-refractivity contribution in [3.05, 3.63) is 59.2 Å². The van der Waals surface area contributed by atoms with Gasteiger partial charge in [-0.15, -0.1) is 16.4 Å². The van der Waals surface area contributed by atoms with Crippen LogP contribution in [0.25, 0.3) is 31.8 Å². The molecule has 0 aliphatic rings. The molecule has 0 saturated heterocycles. The van der Waals surface area contributed by atoms with E-state index in [0.717, 1.165) is 26.4 Å². The van der Waals surface area contributed by atoms with Gasteiger partial charge in [-0.05, 0) is 41.3 Å². The molecule has 1 N–H and O–H groups in total. The van der Waals surface area contributed by atoms with Gasteiger partial charge in [-0.3, -0.25) is 0 Å². The van der Waals surface area contributed by atoms with Crippen molar-refractivity contribution in [3.63, 3.8) is 0 Å². The summed E-state index contributed by atoms with van der Waals surface area (Å²) in [6.07, 6.45) is 0. The fraction of sp³-hybridized carbons (Fsp3) is 0. The van der Waals surface area contributed by atoms with Crippen LogP contribution >= 0.6 is 22.9 Å². The van der Waals surface area contributed by atoms with Crippen LogP contribution in [0.1, 0.15) is 5.69 Å². The Labute approximate surface area is 141 Å². The number of rotatable bonds is 2. The van der Waals surface area contributed by atoms with Gasteiger partial charge in [0.1, 0.15) is 11.8 Å². The number of halogens is 1. The summed E-state index contributed by atoms with van der Waals surface area (Å²) in [5.41, 5.74) is 2.87. The van der Waals surface area contributed by atoms with Crippen LogP contribution in [0.3, 0.4) is 0 Å². The molecule has 4 aromatic rings. The zero-order chi connectivity index (χ0) is 15.8. The number of nitrogens with one attached hydrogen (secondary N) is 1. The average molecular weight is 337 g/mol. The fourth-order valence-electron chi connectivity index (χ4n) is 2.48. The third kappa shape index (κ3) is 2.48. The maximum absolute atomic E-state index is 9.10. The molecule has 0 spiro atoms. The summed E-state index contributed by atoms with van der Waals surface area (Å²) in [4.78, 5) is 1.14. The van der Waals surface area contributed by atoms with Gasteiger partial charge in [0.2, 0.25) is 0 Å². The van der Waals surface area contributed by atoms with Crippen molar-refractivity contribution < 1.29 is 0 Å². The summed E-state index contributed by atoms with van der Waals surface area (Å²) in [5.74, 6) is 0. The number of fused-ring (bicyclic) bond motifs is 1. The summed E-state index contributed by atoms with van der Waals surface area (Å²) in [7, 11) is 0. The summed E-state index contributed by atoms with van der Waals surface area (Å²) in [6, 6.07) is 18.0. The molecule has 2 aromatic heterocycles. The molecule has 0 aliphatic heterocycles. The average Bonchev–Trinajstić information content (AvgIpc) is 3.21. The smallest absolute Gasteiger partial charge is 0.163 e. The van der Waals surface area contributed by atoms with Crippen molar-refractivity contribution in [1.82, 2.24) is 15.4 Å². The van der Waals surface area contributed by atoms with Crippen LogP contribution in [0.5, 0.6) is 0 Å². The maximum atomic E-state index is 9.10. The largest absolute Gasteiger partial charge is 0.247 e. The van der Waals surface area contributed by atoms with E-state index >= 15 is 0 Å². The Morgan fingerprint density at radius 2 is 1.96 bits per heavy atom. The molecule has 6 heteroatoms. The second kappa shape index (κ2) is 5.51. The standard InChI is InChI=1S/C17H9ClN4S/c18-13-4-5-15-12(7-13)8-16(23-15)10-2-1-3-11(6-10)17-14(9-19)20-22-21-17/h1-8H,(H,20,21,22). The molecule has 110 valence electrons. The minimum Gasteiger partial charge on any atom is -0.247 e. The lowest BCUT2D eigenvalue weighted by atomic mass is 10.1. The molecule has 4 nitrogen and oxygen atoms in total. The number of nitriles is 1. The van der Waals surface area contributed by atoms with Crippen LogP contribution in [0.4, 0.5) is 0 Å². The van der Waals surface area contributed by atoms with Gasteiger partial charge in [-0.1, -0.05) is 35.0 Å². The van der Waals surface area contributed by atoms with Crippen molar-refractivity contribution in [1.29, 1.82) is 5.26 Å². The first-order chi connectivity index (χ1) is 11.2. The number of thiophene rings is 1. The van der Waals surface area contributed by atoms with Crippen LogP contribution < -0.4 is 0 Å². The number of nitrogens with zero attached hydrogens (tertiary/aromatic N) is 3. The van der Waals surface area contributed by atoms with E-state index in [0.29, 0.717) is 11.4 Å². The SMILES string of the molecule is N#Cc1[nH]nnc1-c1cccc(-c2cc3cc(Cl)ccc3s2)c1. The Balaban J connectivity index is 1.83. The first-order valence-electron chi connectivity index (χ1n) is 6.85. The minimum absolute atomic E-state index is 0.366. The molecule has 0 saturated carbocycles. The Morgan fingerprint density at radius 3 is 2.83 bits per heavy atom. The van der Waals surface area contributed by atoms with E-state index in [9.17, 15) is 0 Å². The molecule has 0 radical (unpaired) electrons. The van der Waals surface area contributed by atoms with E-state index in [2.05, 4.69) is 27.5 Å². The zero-order valence-electron chi connectivity index (χ0n) is 11.7. The number of aromatic amines is 1. The minimum atomic E-state index is 0.366. The predicted molar refractivity (Wildman–Crippen MR) is 92.4 cm³/mol. The summed E-state index contributed by atoms with van der Waals surface area (Å²) >= 11 is 7.76. The van der Waals surface area contributed by atoms with E-state index in [1.54, 1.807) is 11.3 Å². The highest BCUT2D eigenvalue weighted by atomic mass is 35.5. The van der Waals surface area contributed by atoms with Gasteiger partial charge >= 0.3 is 0 Å². The Kier molecular flexibility index (Phi) is 3.34. The van der Waals surface area contributed by atoms with Gasteiger partial charge in [-0.25, -0.2) is 5.10 Å². The van der Waals surface area contributed by atoms with Crippen LogP contribution in [-0.4, -0.2) is 15.4 Å². The fourth-order valence-corrected chi connectivity index (χ4v) is 3.70. The Hall–Kier alpha value is -2.68. The number of benzene rings is 2. The molecule has 23 heavy (non-hydrogen) atoms. The highest BCUT2D eigenvalue weighted by Crippen LogP contribution is 2.36. The van der Waals surface area contributed by atoms with Gasteiger partial charge in [0.25, 0.3) is 0 Å². The molecular formula is C17H9ClN4S. The highest BCUT2D eigenvalue weighted by Gasteiger charge is 2.11. The molecule has 0 unspecified atom stereocenters. The monoisotopic (exact) mass is 336 g/mol. The van der Waals surface area contributed by atoms with E-state index < -0.39 is 0 Å². The van der Waals surface area contributed by atoms with Crippen molar-refractivity contribution in [2.75, 3.05) is 0 Å².